The molecule has 2 aliphatic heterocycles. The first kappa shape index (κ1) is 36.2. The van der Waals surface area contributed by atoms with Crippen LogP contribution in [0.15, 0.2) is 59.8 Å². The van der Waals surface area contributed by atoms with Gasteiger partial charge in [-0.15, -0.1) is 0 Å². The van der Waals surface area contributed by atoms with Crippen molar-refractivity contribution in [3.8, 4) is 22.9 Å². The zero-order valence-corrected chi connectivity index (χ0v) is 31.1. The summed E-state index contributed by atoms with van der Waals surface area (Å²) >= 11 is 0. The van der Waals surface area contributed by atoms with Crippen LogP contribution in [-0.2, 0) is 27.7 Å². The lowest BCUT2D eigenvalue weighted by Gasteiger charge is -2.35. The van der Waals surface area contributed by atoms with Gasteiger partial charge < -0.3 is 19.1 Å². The van der Waals surface area contributed by atoms with Crippen molar-refractivity contribution in [3.05, 3.63) is 82.9 Å². The minimum atomic E-state index is -4.22. The van der Waals surface area contributed by atoms with Gasteiger partial charge >= 0.3 is 0 Å². The number of fused-ring (bicyclic) bond motifs is 4. The normalized spacial score (nSPS) is 17.8. The van der Waals surface area contributed by atoms with Gasteiger partial charge in [0.1, 0.15) is 12.4 Å². The van der Waals surface area contributed by atoms with Gasteiger partial charge in [-0.2, -0.15) is 4.98 Å². The second-order valence-corrected chi connectivity index (χ2v) is 16.5. The smallest absolute Gasteiger partial charge is 0.264 e. The number of amides is 1. The topological polar surface area (TPSA) is 146 Å². The fourth-order valence-electron chi connectivity index (χ4n) is 6.44. The number of anilines is 1. The SMILES string of the molecule is Cc1cccc(CC2COC2)c1-c1nc2nc(c1C)OC[C@@H](CC(C)(C)C)N(Cc1ncc(OC(C)C)cn1)C(=O)c1cccc(c1)S(=O)(=O)N2. The van der Waals surface area contributed by atoms with Crippen molar-refractivity contribution in [3.63, 3.8) is 0 Å². The number of aromatic nitrogens is 4. The minimum Gasteiger partial charge on any atom is -0.488 e. The Morgan fingerprint density at radius 2 is 1.75 bits per heavy atom. The summed E-state index contributed by atoms with van der Waals surface area (Å²) in [5.41, 5.74) is 4.20. The molecule has 4 aromatic rings. The molecule has 2 aromatic heterocycles. The molecule has 13 heteroatoms. The summed E-state index contributed by atoms with van der Waals surface area (Å²) in [5.74, 6) is 1.04. The number of aryl methyl sites for hydroxylation is 1. The maximum atomic E-state index is 14.5. The predicted molar refractivity (Wildman–Crippen MR) is 193 cm³/mol. The lowest BCUT2D eigenvalue weighted by Crippen LogP contribution is -2.45. The number of hydrogen-bond donors (Lipinski definition) is 1. The number of rotatable bonds is 8. The van der Waals surface area contributed by atoms with Crippen LogP contribution in [0.4, 0.5) is 5.95 Å². The van der Waals surface area contributed by atoms with Gasteiger partial charge in [-0.3, -0.25) is 4.79 Å². The molecule has 2 aliphatic rings. The Labute approximate surface area is 300 Å². The zero-order chi connectivity index (χ0) is 36.5. The van der Waals surface area contributed by atoms with Crippen LogP contribution in [0.5, 0.6) is 11.6 Å². The van der Waals surface area contributed by atoms with Gasteiger partial charge in [0.2, 0.25) is 11.8 Å². The van der Waals surface area contributed by atoms with Crippen LogP contribution in [-0.4, -0.2) is 71.1 Å². The monoisotopic (exact) mass is 714 g/mol. The van der Waals surface area contributed by atoms with Crippen LogP contribution in [0.25, 0.3) is 11.3 Å². The molecule has 0 aliphatic carbocycles. The summed E-state index contributed by atoms with van der Waals surface area (Å²) in [6, 6.07) is 11.6. The molecule has 0 saturated carbocycles. The van der Waals surface area contributed by atoms with Gasteiger partial charge in [0.25, 0.3) is 15.9 Å². The lowest BCUT2D eigenvalue weighted by atomic mass is 9.87. The van der Waals surface area contributed by atoms with Gasteiger partial charge in [0, 0.05) is 22.6 Å². The van der Waals surface area contributed by atoms with E-state index in [4.69, 9.17) is 19.2 Å². The van der Waals surface area contributed by atoms with E-state index in [1.165, 1.54) is 12.1 Å². The first-order chi connectivity index (χ1) is 24.2. The van der Waals surface area contributed by atoms with Crippen LogP contribution in [0, 0.1) is 25.2 Å². The quantitative estimate of drug-likeness (QED) is 0.225. The van der Waals surface area contributed by atoms with Crippen LogP contribution in [0.1, 0.15) is 73.9 Å². The number of carbonyl (C=O) groups excluding carboxylic acids is 1. The molecule has 1 fully saturated rings. The molecule has 12 nitrogen and oxygen atoms in total. The third-order valence-electron chi connectivity index (χ3n) is 8.86. The Bertz CT molecular complexity index is 2010. The molecule has 4 bridgehead atoms. The Hall–Kier alpha value is -4.62. The average molecular weight is 715 g/mol. The van der Waals surface area contributed by atoms with Crippen molar-refractivity contribution in [1.29, 1.82) is 0 Å². The molecule has 0 radical (unpaired) electrons. The van der Waals surface area contributed by atoms with E-state index in [2.05, 4.69) is 46.5 Å². The first-order valence-electron chi connectivity index (χ1n) is 17.3. The van der Waals surface area contributed by atoms with Gasteiger partial charge in [0.05, 0.1) is 54.9 Å². The maximum absolute atomic E-state index is 14.5. The summed E-state index contributed by atoms with van der Waals surface area (Å²) in [7, 11) is -4.22. The second-order valence-electron chi connectivity index (χ2n) is 14.8. The van der Waals surface area contributed by atoms with Crippen LogP contribution in [0.3, 0.4) is 0 Å². The van der Waals surface area contributed by atoms with E-state index >= 15 is 0 Å². The summed E-state index contributed by atoms with van der Waals surface area (Å²) in [6.07, 6.45) is 4.48. The molecule has 6 rings (SSSR count). The van der Waals surface area contributed by atoms with Crippen molar-refractivity contribution in [2.45, 2.75) is 84.9 Å². The van der Waals surface area contributed by atoms with E-state index in [1.807, 2.05) is 39.8 Å². The number of benzene rings is 2. The Morgan fingerprint density at radius 1 is 1.02 bits per heavy atom. The molecule has 1 saturated heterocycles. The molecule has 0 unspecified atom stereocenters. The zero-order valence-electron chi connectivity index (χ0n) is 30.3. The molecule has 51 heavy (non-hydrogen) atoms. The van der Waals surface area contributed by atoms with Crippen LogP contribution < -0.4 is 14.2 Å². The summed E-state index contributed by atoms with van der Waals surface area (Å²) in [5, 5.41) is 0. The second kappa shape index (κ2) is 14.5. The van der Waals surface area contributed by atoms with Crippen LogP contribution >= 0.6 is 0 Å². The summed E-state index contributed by atoms with van der Waals surface area (Å²) < 4.78 is 48.0. The largest absolute Gasteiger partial charge is 0.488 e. The first-order valence-corrected chi connectivity index (χ1v) is 18.7. The van der Waals surface area contributed by atoms with Gasteiger partial charge in [-0.05, 0) is 75.3 Å². The molecular weight excluding hydrogens is 669 g/mol. The molecule has 0 spiro atoms. The van der Waals surface area contributed by atoms with E-state index < -0.39 is 16.1 Å². The molecule has 4 heterocycles. The highest BCUT2D eigenvalue weighted by Crippen LogP contribution is 2.36. The molecule has 1 N–H and O–H groups in total. The third kappa shape index (κ3) is 8.48. The Morgan fingerprint density at radius 3 is 2.41 bits per heavy atom. The van der Waals surface area contributed by atoms with E-state index in [1.54, 1.807) is 29.4 Å². The van der Waals surface area contributed by atoms with Gasteiger partial charge in [-0.25, -0.2) is 28.1 Å². The minimum absolute atomic E-state index is 0.0486. The van der Waals surface area contributed by atoms with Gasteiger partial charge in [-0.1, -0.05) is 45.0 Å². The number of hydrogen-bond acceptors (Lipinski definition) is 10. The number of ether oxygens (including phenoxy) is 3. The van der Waals surface area contributed by atoms with Crippen molar-refractivity contribution >= 4 is 21.9 Å². The van der Waals surface area contributed by atoms with Crippen molar-refractivity contribution in [2.24, 2.45) is 11.3 Å². The maximum Gasteiger partial charge on any atom is 0.264 e. The number of sulfonamides is 1. The van der Waals surface area contributed by atoms with E-state index in [0.717, 1.165) is 23.1 Å². The van der Waals surface area contributed by atoms with Crippen molar-refractivity contribution in [1.82, 2.24) is 24.8 Å². The highest BCUT2D eigenvalue weighted by atomic mass is 32.2. The highest BCUT2D eigenvalue weighted by molar-refractivity contribution is 7.92. The molecule has 2 aromatic carbocycles. The standard InChI is InChI=1S/C38H46N6O6S/c1-23(2)50-30-17-39-32(40-18-30)19-44-29(16-38(5,6)7)22-49-35-25(4)34(33-24(3)10-8-11-27(33)14-26-20-48-21-26)41-37(42-35)43-51(46,47)31-13-9-12-28(15-31)36(44)45/h8-13,15,17-18,23,26,29H,14,16,19-22H2,1-7H3,(H,41,42,43)/t29-/m1/s1. The molecule has 1 atom stereocenters. The Balaban J connectivity index is 1.48. The van der Waals surface area contributed by atoms with E-state index in [-0.39, 0.29) is 52.9 Å². The van der Waals surface area contributed by atoms with Gasteiger partial charge in [0.15, 0.2) is 5.75 Å². The predicted octanol–water partition coefficient (Wildman–Crippen LogP) is 6.17. The summed E-state index contributed by atoms with van der Waals surface area (Å²) in [6.45, 7) is 15.5. The third-order valence-corrected chi connectivity index (χ3v) is 10.2. The summed E-state index contributed by atoms with van der Waals surface area (Å²) in [4.78, 5) is 34.5. The number of nitrogens with one attached hydrogen (secondary N) is 1. The molecular formula is C38H46N6O6S. The molecule has 270 valence electrons. The lowest BCUT2D eigenvalue weighted by molar-refractivity contribution is -0.0311. The fourth-order valence-corrected chi connectivity index (χ4v) is 7.42. The number of carbonyl (C=O) groups is 1. The van der Waals surface area contributed by atoms with Crippen molar-refractivity contribution in [2.75, 3.05) is 24.5 Å². The number of nitrogens with zero attached hydrogens (tertiary/aromatic N) is 5. The van der Waals surface area contributed by atoms with Crippen LogP contribution in [0.2, 0.25) is 0 Å². The van der Waals surface area contributed by atoms with E-state index in [9.17, 15) is 13.2 Å². The van der Waals surface area contributed by atoms with Crippen molar-refractivity contribution < 1.29 is 27.4 Å². The average Bonchev–Trinajstić information content (AvgIpc) is 3.04. The fraction of sp³-hybridized carbons (Fsp3) is 0.447. The Kier molecular flexibility index (Phi) is 10.3. The van der Waals surface area contributed by atoms with E-state index in [0.29, 0.717) is 48.4 Å². The molecule has 1 amide bonds. The highest BCUT2D eigenvalue weighted by Gasteiger charge is 2.33.